The standard InChI is InChI=1S/C12H15N3O/c1-3-8-15-11-7-5-4-6-10(11)14-12(15)13-9(2)16/h4-7H,3,8H2,1-2H3,(H,13,14,16). The van der Waals surface area contributed by atoms with Crippen LogP contribution < -0.4 is 5.32 Å². The van der Waals surface area contributed by atoms with E-state index in [2.05, 4.69) is 17.2 Å². The summed E-state index contributed by atoms with van der Waals surface area (Å²) in [5.74, 6) is 0.545. The van der Waals surface area contributed by atoms with Crippen LogP contribution in [0.5, 0.6) is 0 Å². The van der Waals surface area contributed by atoms with E-state index in [1.165, 1.54) is 6.92 Å². The van der Waals surface area contributed by atoms with E-state index in [4.69, 9.17) is 0 Å². The van der Waals surface area contributed by atoms with Gasteiger partial charge in [-0.3, -0.25) is 10.1 Å². The zero-order valence-electron chi connectivity index (χ0n) is 9.53. The summed E-state index contributed by atoms with van der Waals surface area (Å²) in [6.45, 7) is 4.46. The fraction of sp³-hybridized carbons (Fsp3) is 0.333. The molecule has 4 heteroatoms. The summed E-state index contributed by atoms with van der Waals surface area (Å²) in [6, 6.07) is 7.90. The highest BCUT2D eigenvalue weighted by molar-refractivity contribution is 5.89. The first-order chi connectivity index (χ1) is 7.72. The van der Waals surface area contributed by atoms with Crippen molar-refractivity contribution in [3.8, 4) is 0 Å². The number of fused-ring (bicyclic) bond motifs is 1. The quantitative estimate of drug-likeness (QED) is 0.858. The van der Waals surface area contributed by atoms with Crippen LogP contribution in [0.25, 0.3) is 11.0 Å². The van der Waals surface area contributed by atoms with Gasteiger partial charge in [0.15, 0.2) is 0 Å². The van der Waals surface area contributed by atoms with Crippen LogP contribution >= 0.6 is 0 Å². The molecule has 84 valence electrons. The molecule has 0 spiro atoms. The molecule has 1 amide bonds. The summed E-state index contributed by atoms with van der Waals surface area (Å²) in [5, 5.41) is 2.76. The van der Waals surface area contributed by atoms with Crippen molar-refractivity contribution in [3.63, 3.8) is 0 Å². The maximum Gasteiger partial charge on any atom is 0.223 e. The molecule has 0 aliphatic rings. The highest BCUT2D eigenvalue weighted by atomic mass is 16.1. The molecule has 0 saturated carbocycles. The Labute approximate surface area is 94.3 Å². The number of rotatable bonds is 3. The van der Waals surface area contributed by atoms with Crippen molar-refractivity contribution in [1.29, 1.82) is 0 Å². The molecule has 0 unspecified atom stereocenters. The average Bonchev–Trinajstić information content (AvgIpc) is 2.57. The minimum absolute atomic E-state index is 0.0901. The summed E-state index contributed by atoms with van der Waals surface area (Å²) in [6.07, 6.45) is 1.01. The van der Waals surface area contributed by atoms with Gasteiger partial charge in [0.1, 0.15) is 0 Å². The molecular formula is C12H15N3O. The molecule has 16 heavy (non-hydrogen) atoms. The van der Waals surface area contributed by atoms with Crippen LogP contribution in [0.15, 0.2) is 24.3 Å². The Kier molecular flexibility index (Phi) is 2.90. The number of nitrogens with one attached hydrogen (secondary N) is 1. The highest BCUT2D eigenvalue weighted by Crippen LogP contribution is 2.19. The third-order valence-corrected chi connectivity index (χ3v) is 2.39. The predicted octanol–water partition coefficient (Wildman–Crippen LogP) is 2.40. The van der Waals surface area contributed by atoms with E-state index in [1.54, 1.807) is 0 Å². The first-order valence-electron chi connectivity index (χ1n) is 5.45. The van der Waals surface area contributed by atoms with E-state index in [0.717, 1.165) is 24.0 Å². The second kappa shape index (κ2) is 4.35. The van der Waals surface area contributed by atoms with Crippen LogP contribution in [0.2, 0.25) is 0 Å². The first-order valence-corrected chi connectivity index (χ1v) is 5.45. The summed E-state index contributed by atoms with van der Waals surface area (Å²) in [7, 11) is 0. The van der Waals surface area contributed by atoms with E-state index >= 15 is 0 Å². The van der Waals surface area contributed by atoms with Crippen molar-refractivity contribution in [2.75, 3.05) is 5.32 Å². The topological polar surface area (TPSA) is 46.9 Å². The molecule has 1 N–H and O–H groups in total. The van der Waals surface area contributed by atoms with Crippen LogP contribution in [0.4, 0.5) is 5.95 Å². The van der Waals surface area contributed by atoms with Gasteiger partial charge in [-0.2, -0.15) is 0 Å². The number of aryl methyl sites for hydroxylation is 1. The third-order valence-electron chi connectivity index (χ3n) is 2.39. The molecule has 1 aromatic carbocycles. The number of para-hydroxylation sites is 2. The number of hydrogen-bond donors (Lipinski definition) is 1. The van der Waals surface area contributed by atoms with Crippen molar-refractivity contribution in [2.45, 2.75) is 26.8 Å². The van der Waals surface area contributed by atoms with E-state index in [-0.39, 0.29) is 5.91 Å². The Hall–Kier alpha value is -1.84. The average molecular weight is 217 g/mol. The molecule has 0 aliphatic heterocycles. The third kappa shape index (κ3) is 1.91. The zero-order chi connectivity index (χ0) is 11.5. The molecule has 0 radical (unpaired) electrons. The molecule has 0 aliphatic carbocycles. The number of nitrogens with zero attached hydrogens (tertiary/aromatic N) is 2. The molecular weight excluding hydrogens is 202 g/mol. The molecule has 2 rings (SSSR count). The van der Waals surface area contributed by atoms with Gasteiger partial charge in [-0.15, -0.1) is 0 Å². The normalized spacial score (nSPS) is 10.6. The van der Waals surface area contributed by atoms with Crippen molar-refractivity contribution >= 4 is 22.9 Å². The predicted molar refractivity (Wildman–Crippen MR) is 64.3 cm³/mol. The molecule has 4 nitrogen and oxygen atoms in total. The van der Waals surface area contributed by atoms with Gasteiger partial charge in [0.05, 0.1) is 11.0 Å². The van der Waals surface area contributed by atoms with E-state index in [0.29, 0.717) is 5.95 Å². The lowest BCUT2D eigenvalue weighted by atomic mass is 10.3. The molecule has 0 fully saturated rings. The van der Waals surface area contributed by atoms with Gasteiger partial charge in [0.2, 0.25) is 11.9 Å². The second-order valence-electron chi connectivity index (χ2n) is 3.76. The molecule has 1 aromatic heterocycles. The lowest BCUT2D eigenvalue weighted by Gasteiger charge is -2.06. The van der Waals surface area contributed by atoms with E-state index in [1.807, 2.05) is 28.8 Å². The molecule has 1 heterocycles. The monoisotopic (exact) mass is 217 g/mol. The largest absolute Gasteiger partial charge is 0.310 e. The van der Waals surface area contributed by atoms with Crippen molar-refractivity contribution < 1.29 is 4.79 Å². The second-order valence-corrected chi connectivity index (χ2v) is 3.76. The number of carbonyl (C=O) groups excluding carboxylic acids is 1. The smallest absolute Gasteiger partial charge is 0.223 e. The lowest BCUT2D eigenvalue weighted by molar-refractivity contribution is -0.114. The number of aromatic nitrogens is 2. The fourth-order valence-corrected chi connectivity index (χ4v) is 1.78. The first kappa shape index (κ1) is 10.7. The highest BCUT2D eigenvalue weighted by Gasteiger charge is 2.09. The van der Waals surface area contributed by atoms with Crippen LogP contribution in [0, 0.1) is 0 Å². The molecule has 0 atom stereocenters. The number of hydrogen-bond acceptors (Lipinski definition) is 2. The Morgan fingerprint density at radius 1 is 1.44 bits per heavy atom. The Morgan fingerprint density at radius 2 is 2.19 bits per heavy atom. The zero-order valence-corrected chi connectivity index (χ0v) is 9.53. The fourth-order valence-electron chi connectivity index (χ4n) is 1.78. The van der Waals surface area contributed by atoms with Crippen molar-refractivity contribution in [3.05, 3.63) is 24.3 Å². The van der Waals surface area contributed by atoms with Crippen LogP contribution in [-0.2, 0) is 11.3 Å². The van der Waals surface area contributed by atoms with Gasteiger partial charge in [0, 0.05) is 13.5 Å². The number of anilines is 1. The Bertz CT molecular complexity index is 516. The van der Waals surface area contributed by atoms with E-state index in [9.17, 15) is 4.79 Å². The summed E-state index contributed by atoms with van der Waals surface area (Å²) in [5.41, 5.74) is 1.98. The Balaban J connectivity index is 2.53. The molecule has 0 saturated heterocycles. The van der Waals surface area contributed by atoms with Gasteiger partial charge >= 0.3 is 0 Å². The summed E-state index contributed by atoms with van der Waals surface area (Å²) < 4.78 is 2.04. The van der Waals surface area contributed by atoms with Crippen LogP contribution in [0.1, 0.15) is 20.3 Å². The SMILES string of the molecule is CCCn1c(NC(C)=O)nc2ccccc21. The maximum atomic E-state index is 11.1. The number of imidazole rings is 1. The minimum atomic E-state index is -0.0901. The van der Waals surface area contributed by atoms with Gasteiger partial charge in [0.25, 0.3) is 0 Å². The van der Waals surface area contributed by atoms with Crippen LogP contribution in [-0.4, -0.2) is 15.5 Å². The van der Waals surface area contributed by atoms with Gasteiger partial charge < -0.3 is 4.57 Å². The summed E-state index contributed by atoms with van der Waals surface area (Å²) in [4.78, 5) is 15.5. The lowest BCUT2D eigenvalue weighted by Crippen LogP contribution is -2.12. The maximum absolute atomic E-state index is 11.1. The van der Waals surface area contributed by atoms with Crippen molar-refractivity contribution in [1.82, 2.24) is 9.55 Å². The summed E-state index contributed by atoms with van der Waals surface area (Å²) >= 11 is 0. The minimum Gasteiger partial charge on any atom is -0.310 e. The Morgan fingerprint density at radius 3 is 2.88 bits per heavy atom. The number of benzene rings is 1. The van der Waals surface area contributed by atoms with Crippen LogP contribution in [0.3, 0.4) is 0 Å². The van der Waals surface area contributed by atoms with E-state index < -0.39 is 0 Å². The number of carbonyl (C=O) groups is 1. The van der Waals surface area contributed by atoms with Crippen molar-refractivity contribution in [2.24, 2.45) is 0 Å². The van der Waals surface area contributed by atoms with Gasteiger partial charge in [-0.25, -0.2) is 4.98 Å². The molecule has 0 bridgehead atoms. The van der Waals surface area contributed by atoms with Gasteiger partial charge in [-0.1, -0.05) is 19.1 Å². The number of amides is 1. The molecule has 2 aromatic rings. The van der Waals surface area contributed by atoms with Gasteiger partial charge in [-0.05, 0) is 18.6 Å².